The Balaban J connectivity index is 1.37. The Hall–Kier alpha value is -3.86. The van der Waals surface area contributed by atoms with Crippen molar-refractivity contribution in [2.75, 3.05) is 10.6 Å². The molecular weight excluding hydrogens is 376 g/mol. The van der Waals surface area contributed by atoms with Crippen LogP contribution < -0.4 is 10.6 Å². The highest BCUT2D eigenvalue weighted by atomic mass is 16.3. The number of fused-ring (bicyclic) bond motifs is 1. The van der Waals surface area contributed by atoms with Gasteiger partial charge in [-0.25, -0.2) is 0 Å². The van der Waals surface area contributed by atoms with E-state index in [4.69, 9.17) is 4.42 Å². The Bertz CT molecular complexity index is 1160. The molecule has 5 nitrogen and oxygen atoms in total. The van der Waals surface area contributed by atoms with Gasteiger partial charge in [-0.1, -0.05) is 48.5 Å². The number of para-hydroxylation sites is 1. The molecule has 0 aliphatic heterocycles. The normalized spacial score (nSPS) is 10.7. The summed E-state index contributed by atoms with van der Waals surface area (Å²) < 4.78 is 5.61. The maximum atomic E-state index is 12.5. The van der Waals surface area contributed by atoms with Gasteiger partial charge in [-0.3, -0.25) is 9.59 Å². The lowest BCUT2D eigenvalue weighted by atomic mass is 10.1. The molecule has 30 heavy (non-hydrogen) atoms. The fourth-order valence-corrected chi connectivity index (χ4v) is 3.29. The SMILES string of the molecule is Cc1cc(NC(=O)CCc2ccccc2)ccc1NC(=O)c1cc2ccccc2o1. The van der Waals surface area contributed by atoms with Crippen LogP contribution in [0.5, 0.6) is 0 Å². The average molecular weight is 398 g/mol. The summed E-state index contributed by atoms with van der Waals surface area (Å²) in [6, 6.07) is 24.5. The van der Waals surface area contributed by atoms with Gasteiger partial charge < -0.3 is 15.1 Å². The van der Waals surface area contributed by atoms with Gasteiger partial charge in [0.1, 0.15) is 5.58 Å². The van der Waals surface area contributed by atoms with Crippen LogP contribution in [-0.2, 0) is 11.2 Å². The van der Waals surface area contributed by atoms with E-state index in [0.29, 0.717) is 29.8 Å². The molecule has 4 rings (SSSR count). The van der Waals surface area contributed by atoms with E-state index in [1.165, 1.54) is 0 Å². The summed E-state index contributed by atoms with van der Waals surface area (Å²) in [4.78, 5) is 24.8. The van der Waals surface area contributed by atoms with Crippen molar-refractivity contribution in [1.29, 1.82) is 0 Å². The van der Waals surface area contributed by atoms with Gasteiger partial charge >= 0.3 is 0 Å². The fourth-order valence-electron chi connectivity index (χ4n) is 3.29. The number of carbonyl (C=O) groups excluding carboxylic acids is 2. The summed E-state index contributed by atoms with van der Waals surface area (Å²) in [5.74, 6) is -0.0971. The van der Waals surface area contributed by atoms with Crippen molar-refractivity contribution in [2.24, 2.45) is 0 Å². The predicted octanol–water partition coefficient (Wildman–Crippen LogP) is 5.56. The van der Waals surface area contributed by atoms with Gasteiger partial charge in [0, 0.05) is 23.2 Å². The molecule has 0 saturated carbocycles. The minimum Gasteiger partial charge on any atom is -0.451 e. The largest absolute Gasteiger partial charge is 0.451 e. The zero-order valence-corrected chi connectivity index (χ0v) is 16.6. The molecule has 0 spiro atoms. The third kappa shape index (κ3) is 4.58. The van der Waals surface area contributed by atoms with Crippen molar-refractivity contribution in [3.63, 3.8) is 0 Å². The standard InChI is InChI=1S/C25H22N2O3/c1-17-15-20(26-24(28)14-11-18-7-3-2-4-8-18)12-13-21(17)27-25(29)23-16-19-9-5-6-10-22(19)30-23/h2-10,12-13,15-16H,11,14H2,1H3,(H,26,28)(H,27,29). The first-order valence-corrected chi connectivity index (χ1v) is 9.83. The van der Waals surface area contributed by atoms with Gasteiger partial charge in [-0.05, 0) is 54.8 Å². The Morgan fingerprint density at radius 2 is 1.63 bits per heavy atom. The molecule has 0 fully saturated rings. The smallest absolute Gasteiger partial charge is 0.291 e. The summed E-state index contributed by atoms with van der Waals surface area (Å²) >= 11 is 0. The lowest BCUT2D eigenvalue weighted by Crippen LogP contribution is -2.14. The number of anilines is 2. The quantitative estimate of drug-likeness (QED) is 0.446. The Kier molecular flexibility index (Phi) is 5.61. The molecule has 0 aliphatic rings. The minimum absolute atomic E-state index is 0.0442. The first kappa shape index (κ1) is 19.5. The first-order chi connectivity index (χ1) is 14.6. The average Bonchev–Trinajstić information content (AvgIpc) is 3.19. The Labute approximate surface area is 174 Å². The number of nitrogens with one attached hydrogen (secondary N) is 2. The lowest BCUT2D eigenvalue weighted by molar-refractivity contribution is -0.116. The summed E-state index contributed by atoms with van der Waals surface area (Å²) in [5.41, 5.74) is 4.02. The number of aryl methyl sites for hydroxylation is 2. The molecule has 1 heterocycles. The molecule has 150 valence electrons. The third-order valence-electron chi connectivity index (χ3n) is 4.89. The molecule has 1 aromatic heterocycles. The van der Waals surface area contributed by atoms with Crippen molar-refractivity contribution in [2.45, 2.75) is 19.8 Å². The zero-order chi connectivity index (χ0) is 20.9. The van der Waals surface area contributed by atoms with E-state index < -0.39 is 0 Å². The molecule has 0 saturated heterocycles. The van der Waals surface area contributed by atoms with Gasteiger partial charge in [0.2, 0.25) is 5.91 Å². The van der Waals surface area contributed by atoms with Gasteiger partial charge in [0.15, 0.2) is 5.76 Å². The molecule has 4 aromatic rings. The van der Waals surface area contributed by atoms with E-state index in [0.717, 1.165) is 16.5 Å². The van der Waals surface area contributed by atoms with E-state index in [-0.39, 0.29) is 17.6 Å². The fraction of sp³-hybridized carbons (Fsp3) is 0.120. The summed E-state index contributed by atoms with van der Waals surface area (Å²) in [5, 5.41) is 6.66. The van der Waals surface area contributed by atoms with Crippen LogP contribution >= 0.6 is 0 Å². The second-order valence-corrected chi connectivity index (χ2v) is 7.17. The van der Waals surface area contributed by atoms with Gasteiger partial charge in [0.05, 0.1) is 0 Å². The molecule has 2 amide bonds. The molecular formula is C25H22N2O3. The maximum absolute atomic E-state index is 12.5. The Morgan fingerprint density at radius 1 is 0.867 bits per heavy atom. The second-order valence-electron chi connectivity index (χ2n) is 7.17. The summed E-state index contributed by atoms with van der Waals surface area (Å²) in [6.07, 6.45) is 1.10. The van der Waals surface area contributed by atoms with E-state index >= 15 is 0 Å². The Morgan fingerprint density at radius 3 is 2.40 bits per heavy atom. The molecule has 0 unspecified atom stereocenters. The van der Waals surface area contributed by atoms with Crippen LogP contribution in [0.15, 0.2) is 83.3 Å². The van der Waals surface area contributed by atoms with Crippen LogP contribution in [0, 0.1) is 6.92 Å². The van der Waals surface area contributed by atoms with E-state index in [2.05, 4.69) is 10.6 Å². The summed E-state index contributed by atoms with van der Waals surface area (Å²) in [6.45, 7) is 1.88. The van der Waals surface area contributed by atoms with Crippen molar-refractivity contribution in [3.8, 4) is 0 Å². The van der Waals surface area contributed by atoms with Crippen molar-refractivity contribution in [3.05, 3.63) is 95.7 Å². The number of hydrogen-bond donors (Lipinski definition) is 2. The van der Waals surface area contributed by atoms with Crippen LogP contribution in [0.3, 0.4) is 0 Å². The molecule has 2 N–H and O–H groups in total. The summed E-state index contributed by atoms with van der Waals surface area (Å²) in [7, 11) is 0. The van der Waals surface area contributed by atoms with E-state index in [1.807, 2.05) is 67.6 Å². The van der Waals surface area contributed by atoms with Crippen LogP contribution in [-0.4, -0.2) is 11.8 Å². The van der Waals surface area contributed by atoms with E-state index in [9.17, 15) is 9.59 Å². The topological polar surface area (TPSA) is 71.3 Å². The first-order valence-electron chi connectivity index (χ1n) is 9.83. The van der Waals surface area contributed by atoms with Crippen LogP contribution in [0.1, 0.15) is 28.1 Å². The number of carbonyl (C=O) groups is 2. The number of benzene rings is 3. The minimum atomic E-state index is -0.311. The molecule has 0 radical (unpaired) electrons. The van der Waals surface area contributed by atoms with Crippen LogP contribution in [0.25, 0.3) is 11.0 Å². The number of rotatable bonds is 6. The third-order valence-corrected chi connectivity index (χ3v) is 4.89. The molecule has 3 aromatic carbocycles. The van der Waals surface area contributed by atoms with Gasteiger partial charge in [-0.15, -0.1) is 0 Å². The van der Waals surface area contributed by atoms with Crippen LogP contribution in [0.4, 0.5) is 11.4 Å². The highest BCUT2D eigenvalue weighted by molar-refractivity contribution is 6.05. The molecule has 5 heteroatoms. The molecule has 0 bridgehead atoms. The zero-order valence-electron chi connectivity index (χ0n) is 16.6. The monoisotopic (exact) mass is 398 g/mol. The van der Waals surface area contributed by atoms with Gasteiger partial charge in [-0.2, -0.15) is 0 Å². The van der Waals surface area contributed by atoms with Gasteiger partial charge in [0.25, 0.3) is 5.91 Å². The van der Waals surface area contributed by atoms with Crippen molar-refractivity contribution < 1.29 is 14.0 Å². The number of amides is 2. The molecule has 0 aliphatic carbocycles. The highest BCUT2D eigenvalue weighted by Crippen LogP contribution is 2.23. The van der Waals surface area contributed by atoms with E-state index in [1.54, 1.807) is 18.2 Å². The van der Waals surface area contributed by atoms with Crippen molar-refractivity contribution >= 4 is 34.2 Å². The van der Waals surface area contributed by atoms with Crippen LogP contribution in [0.2, 0.25) is 0 Å². The van der Waals surface area contributed by atoms with Crippen molar-refractivity contribution in [1.82, 2.24) is 0 Å². The maximum Gasteiger partial charge on any atom is 0.291 e. The second kappa shape index (κ2) is 8.66. The number of furan rings is 1. The highest BCUT2D eigenvalue weighted by Gasteiger charge is 2.14. The lowest BCUT2D eigenvalue weighted by Gasteiger charge is -2.11. The number of hydrogen-bond acceptors (Lipinski definition) is 3. The predicted molar refractivity (Wildman–Crippen MR) is 119 cm³/mol. The molecule has 0 atom stereocenters.